The SMILES string of the molecule is CCCCCOc1ccc(C#CC2CCC(CCCCC)CC2)c(F)c1F. The number of hydrogen-bond acceptors (Lipinski definition) is 1. The highest BCUT2D eigenvalue weighted by molar-refractivity contribution is 5.41. The monoisotopic (exact) mass is 376 g/mol. The molecule has 1 aromatic carbocycles. The quantitative estimate of drug-likeness (QED) is 0.325. The van der Waals surface area contributed by atoms with Crippen LogP contribution in [-0.2, 0) is 0 Å². The van der Waals surface area contributed by atoms with Crippen molar-refractivity contribution in [3.8, 4) is 17.6 Å². The van der Waals surface area contributed by atoms with E-state index in [1.54, 1.807) is 0 Å². The highest BCUT2D eigenvalue weighted by atomic mass is 19.2. The molecule has 0 bridgehead atoms. The van der Waals surface area contributed by atoms with Gasteiger partial charge in [-0.15, -0.1) is 0 Å². The maximum Gasteiger partial charge on any atom is 0.201 e. The molecule has 0 aliphatic heterocycles. The minimum atomic E-state index is -0.919. The third-order valence-electron chi connectivity index (χ3n) is 5.53. The molecule has 1 fully saturated rings. The molecule has 1 aliphatic carbocycles. The van der Waals surface area contributed by atoms with Gasteiger partial charge in [-0.2, -0.15) is 4.39 Å². The van der Waals surface area contributed by atoms with Crippen LogP contribution in [0.1, 0.15) is 90.0 Å². The zero-order valence-electron chi connectivity index (χ0n) is 17.0. The summed E-state index contributed by atoms with van der Waals surface area (Å²) in [5, 5.41) is 0. The van der Waals surface area contributed by atoms with Crippen LogP contribution in [0.2, 0.25) is 0 Å². The van der Waals surface area contributed by atoms with Crippen LogP contribution in [0.3, 0.4) is 0 Å². The molecule has 0 spiro atoms. The summed E-state index contributed by atoms with van der Waals surface area (Å²) in [6, 6.07) is 3.04. The number of benzene rings is 1. The molecule has 1 nitrogen and oxygen atoms in total. The molecule has 2 rings (SSSR count). The number of halogens is 2. The smallest absolute Gasteiger partial charge is 0.201 e. The Morgan fingerprint density at radius 3 is 2.33 bits per heavy atom. The lowest BCUT2D eigenvalue weighted by Gasteiger charge is -2.25. The van der Waals surface area contributed by atoms with Gasteiger partial charge in [0, 0.05) is 5.92 Å². The normalized spacial score (nSPS) is 19.4. The first-order valence-electron chi connectivity index (χ1n) is 10.8. The highest BCUT2D eigenvalue weighted by Gasteiger charge is 2.19. The van der Waals surface area contributed by atoms with E-state index < -0.39 is 11.6 Å². The topological polar surface area (TPSA) is 9.23 Å². The van der Waals surface area contributed by atoms with E-state index in [0.29, 0.717) is 12.5 Å². The van der Waals surface area contributed by atoms with Crippen molar-refractivity contribution in [3.05, 3.63) is 29.3 Å². The molecule has 0 aromatic heterocycles. The second kappa shape index (κ2) is 12.0. The molecule has 0 atom stereocenters. The molecular weight excluding hydrogens is 342 g/mol. The minimum absolute atomic E-state index is 0.0123. The van der Waals surface area contributed by atoms with E-state index in [9.17, 15) is 8.78 Å². The molecule has 0 heterocycles. The van der Waals surface area contributed by atoms with Gasteiger partial charge in [-0.05, 0) is 50.2 Å². The maximum absolute atomic E-state index is 14.3. The molecule has 3 heteroatoms. The van der Waals surface area contributed by atoms with Crippen molar-refractivity contribution in [3.63, 3.8) is 0 Å². The van der Waals surface area contributed by atoms with E-state index in [2.05, 4.69) is 25.7 Å². The summed E-state index contributed by atoms with van der Waals surface area (Å²) in [6.45, 7) is 4.74. The molecular formula is C24H34F2O. The Bertz CT molecular complexity index is 621. The van der Waals surface area contributed by atoms with Crippen molar-refractivity contribution in [2.45, 2.75) is 84.5 Å². The Balaban J connectivity index is 1.86. The first kappa shape index (κ1) is 21.7. The Kier molecular flexibility index (Phi) is 9.67. The van der Waals surface area contributed by atoms with Crippen molar-refractivity contribution in [1.82, 2.24) is 0 Å². The lowest BCUT2D eigenvalue weighted by Crippen LogP contribution is -2.13. The van der Waals surface area contributed by atoms with Crippen LogP contribution in [0, 0.1) is 35.3 Å². The average molecular weight is 377 g/mol. The van der Waals surface area contributed by atoms with E-state index in [1.165, 1.54) is 50.7 Å². The molecule has 0 radical (unpaired) electrons. The number of ether oxygens (including phenoxy) is 1. The van der Waals surface area contributed by atoms with Gasteiger partial charge in [0.15, 0.2) is 11.6 Å². The van der Waals surface area contributed by atoms with Crippen molar-refractivity contribution in [2.24, 2.45) is 11.8 Å². The van der Waals surface area contributed by atoms with Crippen molar-refractivity contribution < 1.29 is 13.5 Å². The van der Waals surface area contributed by atoms with Gasteiger partial charge in [-0.3, -0.25) is 0 Å². The molecule has 1 saturated carbocycles. The van der Waals surface area contributed by atoms with Crippen LogP contribution >= 0.6 is 0 Å². The molecule has 0 unspecified atom stereocenters. The van der Waals surface area contributed by atoms with Crippen LogP contribution in [-0.4, -0.2) is 6.61 Å². The van der Waals surface area contributed by atoms with E-state index in [4.69, 9.17) is 4.74 Å². The molecule has 1 aliphatic rings. The summed E-state index contributed by atoms with van der Waals surface area (Å²) >= 11 is 0. The van der Waals surface area contributed by atoms with Crippen LogP contribution in [0.25, 0.3) is 0 Å². The Labute approximate surface area is 163 Å². The third kappa shape index (κ3) is 7.17. The Morgan fingerprint density at radius 2 is 1.63 bits per heavy atom. The van der Waals surface area contributed by atoms with Crippen molar-refractivity contribution in [2.75, 3.05) is 6.61 Å². The van der Waals surface area contributed by atoms with Crippen LogP contribution in [0.4, 0.5) is 8.78 Å². The van der Waals surface area contributed by atoms with Gasteiger partial charge in [-0.1, -0.05) is 64.2 Å². The second-order valence-electron chi connectivity index (χ2n) is 7.78. The first-order valence-corrected chi connectivity index (χ1v) is 10.8. The Morgan fingerprint density at radius 1 is 0.926 bits per heavy atom. The molecule has 0 N–H and O–H groups in total. The lowest BCUT2D eigenvalue weighted by atomic mass is 9.80. The van der Waals surface area contributed by atoms with Gasteiger partial charge in [0.1, 0.15) is 0 Å². The van der Waals surface area contributed by atoms with Gasteiger partial charge >= 0.3 is 0 Å². The predicted octanol–water partition coefficient (Wildman–Crippen LogP) is 7.27. The summed E-state index contributed by atoms with van der Waals surface area (Å²) in [5.41, 5.74) is 0.137. The standard InChI is InChI=1S/C24H34F2O/c1-3-5-7-9-19-10-12-20(13-11-19)14-15-21-16-17-22(24(26)23(21)25)27-18-8-6-4-2/h16-17,19-20H,3-13,18H2,1-2H3. The van der Waals surface area contributed by atoms with Gasteiger partial charge in [0.2, 0.25) is 5.82 Å². The van der Waals surface area contributed by atoms with E-state index in [-0.39, 0.29) is 11.3 Å². The average Bonchev–Trinajstić information content (AvgIpc) is 2.69. The molecule has 0 saturated heterocycles. The first-order chi connectivity index (χ1) is 13.2. The largest absolute Gasteiger partial charge is 0.490 e. The summed E-state index contributed by atoms with van der Waals surface area (Å²) in [5.74, 6) is 5.37. The summed E-state index contributed by atoms with van der Waals surface area (Å²) in [7, 11) is 0. The van der Waals surface area contributed by atoms with Crippen LogP contribution < -0.4 is 4.74 Å². The fourth-order valence-corrected chi connectivity index (χ4v) is 3.73. The van der Waals surface area contributed by atoms with Gasteiger partial charge in [0.05, 0.1) is 12.2 Å². The zero-order valence-corrected chi connectivity index (χ0v) is 17.0. The lowest BCUT2D eigenvalue weighted by molar-refractivity contribution is 0.286. The highest BCUT2D eigenvalue weighted by Crippen LogP contribution is 2.32. The van der Waals surface area contributed by atoms with E-state index in [1.807, 2.05) is 0 Å². The number of rotatable bonds is 9. The van der Waals surface area contributed by atoms with Gasteiger partial charge in [0.25, 0.3) is 0 Å². The van der Waals surface area contributed by atoms with Crippen LogP contribution in [0.15, 0.2) is 12.1 Å². The second-order valence-corrected chi connectivity index (χ2v) is 7.78. The summed E-state index contributed by atoms with van der Waals surface area (Å²) in [6.07, 6.45) is 12.8. The fraction of sp³-hybridized carbons (Fsp3) is 0.667. The minimum Gasteiger partial charge on any atom is -0.490 e. The molecule has 1 aromatic rings. The van der Waals surface area contributed by atoms with Gasteiger partial charge < -0.3 is 4.74 Å². The third-order valence-corrected chi connectivity index (χ3v) is 5.53. The summed E-state index contributed by atoms with van der Waals surface area (Å²) < 4.78 is 33.8. The zero-order chi connectivity index (χ0) is 19.5. The Hall–Kier alpha value is -1.56. The predicted molar refractivity (Wildman–Crippen MR) is 108 cm³/mol. The maximum atomic E-state index is 14.3. The molecule has 0 amide bonds. The van der Waals surface area contributed by atoms with Crippen LogP contribution in [0.5, 0.6) is 5.75 Å². The van der Waals surface area contributed by atoms with E-state index in [0.717, 1.165) is 38.0 Å². The van der Waals surface area contributed by atoms with Crippen molar-refractivity contribution in [1.29, 1.82) is 0 Å². The number of hydrogen-bond donors (Lipinski definition) is 0. The van der Waals surface area contributed by atoms with E-state index >= 15 is 0 Å². The fourth-order valence-electron chi connectivity index (χ4n) is 3.73. The molecule has 150 valence electrons. The molecule has 27 heavy (non-hydrogen) atoms. The number of unbranched alkanes of at least 4 members (excludes halogenated alkanes) is 4. The van der Waals surface area contributed by atoms with Gasteiger partial charge in [-0.25, -0.2) is 4.39 Å². The van der Waals surface area contributed by atoms with Crippen molar-refractivity contribution >= 4 is 0 Å². The summed E-state index contributed by atoms with van der Waals surface area (Å²) in [4.78, 5) is 0.